The molecule has 90 valence electrons. The molecule has 15 heavy (non-hydrogen) atoms. The van der Waals surface area contributed by atoms with Crippen LogP contribution in [0.3, 0.4) is 0 Å². The van der Waals surface area contributed by atoms with Crippen LogP contribution in [0.4, 0.5) is 0 Å². The van der Waals surface area contributed by atoms with Gasteiger partial charge in [-0.1, -0.05) is 20.8 Å². The highest BCUT2D eigenvalue weighted by molar-refractivity contribution is 4.91. The maximum absolute atomic E-state index is 11.6. The zero-order valence-electron chi connectivity index (χ0n) is 10.0. The Morgan fingerprint density at radius 2 is 2.13 bits per heavy atom. The first kappa shape index (κ1) is 12.9. The third-order valence-corrected chi connectivity index (χ3v) is 3.03. The fourth-order valence-corrected chi connectivity index (χ4v) is 2.18. The summed E-state index contributed by atoms with van der Waals surface area (Å²) in [7, 11) is 0. The van der Waals surface area contributed by atoms with Crippen molar-refractivity contribution >= 4 is 0 Å². The Morgan fingerprint density at radius 3 is 2.60 bits per heavy atom. The summed E-state index contributed by atoms with van der Waals surface area (Å²) in [6, 6.07) is -0.314. The zero-order chi connectivity index (χ0) is 11.6. The molecule has 1 rings (SSSR count). The molecule has 0 aliphatic carbocycles. The lowest BCUT2D eigenvalue weighted by Crippen LogP contribution is -2.55. The molecular weight excluding hydrogens is 194 g/mol. The third-order valence-electron chi connectivity index (χ3n) is 3.03. The summed E-state index contributed by atoms with van der Waals surface area (Å²) in [5, 5.41) is 22.6. The standard InChI is InChI=1S/C11H22NO3/c1-5-12(14)9-6-8(4)15-11(7(2)3)10(9)13/h7-11,13H,5-6H2,1-4H3/q-1. The van der Waals surface area contributed by atoms with Crippen molar-refractivity contribution in [3.8, 4) is 0 Å². The molecular formula is C11H22NO3-. The fraction of sp³-hybridized carbons (Fsp3) is 1.00. The van der Waals surface area contributed by atoms with Gasteiger partial charge in [-0.3, -0.25) is 0 Å². The number of rotatable bonds is 3. The highest BCUT2D eigenvalue weighted by Gasteiger charge is 2.37. The molecule has 4 nitrogen and oxygen atoms in total. The lowest BCUT2D eigenvalue weighted by Gasteiger charge is -2.47. The van der Waals surface area contributed by atoms with Gasteiger partial charge in [0, 0.05) is 6.04 Å². The number of likely N-dealkylation sites (N-methyl/N-ethyl adjacent to an activating group) is 1. The van der Waals surface area contributed by atoms with Crippen molar-refractivity contribution in [3.63, 3.8) is 0 Å². The normalized spacial score (nSPS) is 37.6. The Bertz CT molecular complexity index is 198. The fourth-order valence-electron chi connectivity index (χ4n) is 2.18. The summed E-state index contributed by atoms with van der Waals surface area (Å²) in [6.07, 6.45) is -0.226. The van der Waals surface area contributed by atoms with E-state index < -0.39 is 6.10 Å². The maximum Gasteiger partial charge on any atom is 0.0951 e. The van der Waals surface area contributed by atoms with Gasteiger partial charge in [0.05, 0.1) is 18.3 Å². The van der Waals surface area contributed by atoms with Gasteiger partial charge in [0.1, 0.15) is 0 Å². The molecule has 4 heteroatoms. The average Bonchev–Trinajstić information content (AvgIpc) is 2.19. The van der Waals surface area contributed by atoms with E-state index in [-0.39, 0.29) is 24.2 Å². The zero-order valence-corrected chi connectivity index (χ0v) is 10.0. The van der Waals surface area contributed by atoms with Crippen LogP contribution in [-0.4, -0.2) is 41.1 Å². The van der Waals surface area contributed by atoms with Gasteiger partial charge in [0.2, 0.25) is 0 Å². The lowest BCUT2D eigenvalue weighted by atomic mass is 9.89. The Morgan fingerprint density at radius 1 is 1.53 bits per heavy atom. The van der Waals surface area contributed by atoms with Crippen molar-refractivity contribution in [2.45, 2.75) is 58.5 Å². The summed E-state index contributed by atoms with van der Waals surface area (Å²) in [6.45, 7) is 8.19. The van der Waals surface area contributed by atoms with Gasteiger partial charge in [-0.15, -0.1) is 0 Å². The van der Waals surface area contributed by atoms with Gasteiger partial charge in [-0.05, 0) is 25.8 Å². The van der Waals surface area contributed by atoms with E-state index in [0.717, 1.165) is 5.06 Å². The van der Waals surface area contributed by atoms with Crippen LogP contribution in [0, 0.1) is 11.1 Å². The molecule has 0 amide bonds. The van der Waals surface area contributed by atoms with Gasteiger partial charge in [-0.2, -0.15) is 0 Å². The Balaban J connectivity index is 2.71. The first-order valence-electron chi connectivity index (χ1n) is 5.74. The molecule has 1 saturated heterocycles. The molecule has 1 heterocycles. The molecule has 1 N–H and O–H groups in total. The minimum absolute atomic E-state index is 0.0498. The van der Waals surface area contributed by atoms with Crippen LogP contribution in [0.15, 0.2) is 0 Å². The molecule has 0 bridgehead atoms. The summed E-state index contributed by atoms with van der Waals surface area (Å²) < 4.78 is 5.67. The quantitative estimate of drug-likeness (QED) is 0.724. The second-order valence-electron chi connectivity index (χ2n) is 4.68. The van der Waals surface area contributed by atoms with E-state index >= 15 is 0 Å². The van der Waals surface area contributed by atoms with Crippen molar-refractivity contribution in [1.29, 1.82) is 0 Å². The van der Waals surface area contributed by atoms with Gasteiger partial charge < -0.3 is 20.1 Å². The van der Waals surface area contributed by atoms with Crippen molar-refractivity contribution in [2.24, 2.45) is 5.92 Å². The monoisotopic (exact) mass is 216 g/mol. The smallest absolute Gasteiger partial charge is 0.0951 e. The van der Waals surface area contributed by atoms with E-state index in [2.05, 4.69) is 0 Å². The van der Waals surface area contributed by atoms with E-state index in [1.165, 1.54) is 0 Å². The van der Waals surface area contributed by atoms with Gasteiger partial charge in [0.25, 0.3) is 0 Å². The summed E-state index contributed by atoms with van der Waals surface area (Å²) >= 11 is 0. The summed E-state index contributed by atoms with van der Waals surface area (Å²) in [4.78, 5) is 0. The van der Waals surface area contributed by atoms with Crippen molar-refractivity contribution < 1.29 is 9.84 Å². The average molecular weight is 216 g/mol. The second-order valence-corrected chi connectivity index (χ2v) is 4.68. The molecule has 1 aliphatic rings. The predicted molar refractivity (Wildman–Crippen MR) is 59.3 cm³/mol. The number of aliphatic hydroxyl groups is 1. The highest BCUT2D eigenvalue weighted by atomic mass is 16.5. The highest BCUT2D eigenvalue weighted by Crippen LogP contribution is 2.27. The molecule has 0 saturated carbocycles. The van der Waals surface area contributed by atoms with Crippen molar-refractivity contribution in [3.05, 3.63) is 5.21 Å². The maximum atomic E-state index is 11.6. The summed E-state index contributed by atoms with van der Waals surface area (Å²) in [5.74, 6) is 0.232. The van der Waals surface area contributed by atoms with E-state index in [1.54, 1.807) is 0 Å². The van der Waals surface area contributed by atoms with Crippen molar-refractivity contribution in [1.82, 2.24) is 5.06 Å². The minimum Gasteiger partial charge on any atom is -0.785 e. The molecule has 0 aromatic heterocycles. The molecule has 4 unspecified atom stereocenters. The Labute approximate surface area is 91.8 Å². The molecule has 4 atom stereocenters. The Kier molecular flexibility index (Phi) is 4.52. The van der Waals surface area contributed by atoms with Gasteiger partial charge >= 0.3 is 0 Å². The van der Waals surface area contributed by atoms with Gasteiger partial charge in [-0.25, -0.2) is 0 Å². The first-order valence-corrected chi connectivity index (χ1v) is 5.74. The molecule has 0 radical (unpaired) electrons. The molecule has 0 aromatic rings. The molecule has 1 fully saturated rings. The lowest BCUT2D eigenvalue weighted by molar-refractivity contribution is -0.157. The number of hydrogen-bond donors (Lipinski definition) is 1. The third kappa shape index (κ3) is 2.91. The Hall–Kier alpha value is -0.160. The molecule has 0 spiro atoms. The van der Waals surface area contributed by atoms with E-state index in [1.807, 2.05) is 27.7 Å². The van der Waals surface area contributed by atoms with Crippen LogP contribution in [-0.2, 0) is 4.74 Å². The molecule has 0 aromatic carbocycles. The SMILES string of the molecule is CCN([O-])C1CC(C)OC(C(C)C)C1O. The number of aliphatic hydroxyl groups excluding tert-OH is 1. The largest absolute Gasteiger partial charge is 0.785 e. The summed E-state index contributed by atoms with van der Waals surface area (Å²) in [5.41, 5.74) is 0. The van der Waals surface area contributed by atoms with Crippen LogP contribution in [0.5, 0.6) is 0 Å². The topological polar surface area (TPSA) is 55.8 Å². The van der Waals surface area contributed by atoms with Crippen LogP contribution >= 0.6 is 0 Å². The van der Waals surface area contributed by atoms with Crippen LogP contribution in [0.25, 0.3) is 0 Å². The van der Waals surface area contributed by atoms with E-state index in [0.29, 0.717) is 13.0 Å². The van der Waals surface area contributed by atoms with E-state index in [4.69, 9.17) is 4.74 Å². The predicted octanol–water partition coefficient (Wildman–Crippen LogP) is 1.37. The number of nitrogens with zero attached hydrogens (tertiary/aromatic N) is 1. The van der Waals surface area contributed by atoms with Crippen LogP contribution < -0.4 is 0 Å². The second kappa shape index (κ2) is 5.25. The number of ether oxygens (including phenoxy) is 1. The molecule has 1 aliphatic heterocycles. The van der Waals surface area contributed by atoms with Crippen molar-refractivity contribution in [2.75, 3.05) is 6.54 Å². The van der Waals surface area contributed by atoms with Gasteiger partial charge in [0.15, 0.2) is 0 Å². The van der Waals surface area contributed by atoms with Crippen LogP contribution in [0.1, 0.15) is 34.1 Å². The number of hydroxylamine groups is 2. The van der Waals surface area contributed by atoms with E-state index in [9.17, 15) is 10.3 Å². The van der Waals surface area contributed by atoms with Crippen LogP contribution in [0.2, 0.25) is 0 Å². The first-order chi connectivity index (χ1) is 6.97. The number of hydrogen-bond acceptors (Lipinski definition) is 4. The minimum atomic E-state index is -0.668.